The van der Waals surface area contributed by atoms with Crippen LogP contribution in [0.5, 0.6) is 0 Å². The van der Waals surface area contributed by atoms with E-state index < -0.39 is 29.2 Å². The Morgan fingerprint density at radius 1 is 1.37 bits per heavy atom. The molecule has 14 nitrogen and oxygen atoms in total. The van der Waals surface area contributed by atoms with Crippen molar-refractivity contribution in [3.05, 3.63) is 17.6 Å². The van der Waals surface area contributed by atoms with Crippen molar-refractivity contribution in [3.63, 3.8) is 0 Å². The molecule has 2 aliphatic heterocycles. The van der Waals surface area contributed by atoms with Crippen molar-refractivity contribution in [1.29, 1.82) is 0 Å². The van der Waals surface area contributed by atoms with Crippen LogP contribution in [-0.4, -0.2) is 86.0 Å². The van der Waals surface area contributed by atoms with Gasteiger partial charge in [0.15, 0.2) is 0 Å². The molecule has 4 heterocycles. The Balaban J connectivity index is 0.00000256. The largest absolute Gasteiger partial charge is 1.00 e. The summed E-state index contributed by atoms with van der Waals surface area (Å²) in [7, 11) is 1.67. The minimum absolute atomic E-state index is 0. The molecule has 0 bridgehead atoms. The third kappa shape index (κ3) is 4.21. The maximum Gasteiger partial charge on any atom is 1.00 e. The number of nitrogens with zero attached hydrogens (tertiary/aromatic N) is 9. The fraction of sp³-hybridized carbons (Fsp3) is 0.462. The number of carboxylic acids is 1. The number of aliphatic carboxylic acids is 1. The number of β-lactam (4-membered cyclic amide) rings is 1. The number of nitrogens with one attached hydrogen (secondary N) is 1. The van der Waals surface area contributed by atoms with Gasteiger partial charge in [0.25, 0.3) is 5.91 Å². The molecule has 0 saturated carbocycles. The van der Waals surface area contributed by atoms with Crippen LogP contribution in [0.2, 0.25) is 0 Å². The summed E-state index contributed by atoms with van der Waals surface area (Å²) in [6.45, 7) is -0.148. The van der Waals surface area contributed by atoms with Crippen molar-refractivity contribution in [2.75, 3.05) is 11.5 Å². The first-order valence-corrected chi connectivity index (χ1v) is 10.2. The first kappa shape index (κ1) is 22.3. The molecule has 0 spiro atoms. The van der Waals surface area contributed by atoms with Gasteiger partial charge >= 0.3 is 18.9 Å². The number of hydrogen-bond donors (Lipinski definition) is 1. The van der Waals surface area contributed by atoms with Gasteiger partial charge in [0.05, 0.1) is 11.7 Å². The molecule has 1 fully saturated rings. The predicted octanol–water partition coefficient (Wildman–Crippen LogP) is -6.60. The van der Waals surface area contributed by atoms with Crippen LogP contribution in [-0.2, 0) is 28.0 Å². The van der Waals surface area contributed by atoms with Gasteiger partial charge in [-0.3, -0.25) is 14.5 Å². The van der Waals surface area contributed by atoms with E-state index in [1.54, 1.807) is 7.05 Å². The standard InChI is InChI=1S/C13H14N10O4S2.Li/c1-21-13(16-18-19-21)29-4-6-3-28-11-8(10(25)23(11)9(6)12(26)27)15-7(24)2-22-5-14-17-20-22;/h5,8,11H,2-4H2,1H3,(H,15,24)(H,26,27);/q;+1/p-1/t8?,11-;/m0./s1. The van der Waals surface area contributed by atoms with Gasteiger partial charge in [0, 0.05) is 18.6 Å². The topological polar surface area (TPSA) is 177 Å². The normalized spacial score (nSPS) is 20.3. The van der Waals surface area contributed by atoms with E-state index in [9.17, 15) is 19.5 Å². The average Bonchev–Trinajstić information content (AvgIpc) is 3.35. The molecule has 2 amide bonds. The van der Waals surface area contributed by atoms with Crippen molar-refractivity contribution < 1.29 is 38.4 Å². The van der Waals surface area contributed by atoms with E-state index in [2.05, 4.69) is 36.4 Å². The van der Waals surface area contributed by atoms with Crippen molar-refractivity contribution in [1.82, 2.24) is 50.6 Å². The molecule has 4 rings (SSSR count). The molecule has 2 aromatic heterocycles. The molecule has 30 heavy (non-hydrogen) atoms. The van der Waals surface area contributed by atoms with Crippen LogP contribution in [0.4, 0.5) is 0 Å². The second-order valence-corrected chi connectivity index (χ2v) is 8.12. The number of carbonyl (C=O) groups is 3. The predicted molar refractivity (Wildman–Crippen MR) is 94.4 cm³/mol. The van der Waals surface area contributed by atoms with E-state index in [-0.39, 0.29) is 36.9 Å². The number of thioether (sulfide) groups is 2. The van der Waals surface area contributed by atoms with Crippen molar-refractivity contribution in [2.24, 2.45) is 7.05 Å². The number of amides is 2. The van der Waals surface area contributed by atoms with E-state index in [0.29, 0.717) is 16.5 Å². The van der Waals surface area contributed by atoms with Gasteiger partial charge in [-0.2, -0.15) is 0 Å². The van der Waals surface area contributed by atoms with Crippen LogP contribution >= 0.6 is 23.5 Å². The molecule has 0 aliphatic carbocycles. The zero-order chi connectivity index (χ0) is 20.5. The summed E-state index contributed by atoms with van der Waals surface area (Å²) in [4.78, 5) is 37.6. The quantitative estimate of drug-likeness (QED) is 0.243. The fourth-order valence-electron chi connectivity index (χ4n) is 2.90. The number of carboxylic acid groups (broad SMARTS) is 1. The number of aromatic nitrogens is 8. The molecule has 2 atom stereocenters. The van der Waals surface area contributed by atoms with Crippen LogP contribution in [0.3, 0.4) is 0 Å². The number of tetrazole rings is 2. The van der Waals surface area contributed by atoms with Gasteiger partial charge in [-0.15, -0.1) is 22.0 Å². The number of aryl methyl sites for hydroxylation is 1. The van der Waals surface area contributed by atoms with Crippen molar-refractivity contribution in [3.8, 4) is 0 Å². The minimum atomic E-state index is -1.44. The van der Waals surface area contributed by atoms with Crippen LogP contribution < -0.4 is 29.3 Å². The van der Waals surface area contributed by atoms with Gasteiger partial charge in [0.2, 0.25) is 11.1 Å². The van der Waals surface area contributed by atoms with E-state index in [4.69, 9.17) is 0 Å². The summed E-state index contributed by atoms with van der Waals surface area (Å²) in [5.74, 6) is -1.73. The van der Waals surface area contributed by atoms with Gasteiger partial charge in [-0.1, -0.05) is 11.8 Å². The van der Waals surface area contributed by atoms with Gasteiger partial charge in [-0.05, 0) is 26.4 Å². The molecular formula is C13H13LiN10O4S2. The molecule has 152 valence electrons. The van der Waals surface area contributed by atoms with Gasteiger partial charge in [-0.25, -0.2) is 9.36 Å². The molecule has 0 radical (unpaired) electrons. The van der Waals surface area contributed by atoms with E-state index >= 15 is 0 Å². The monoisotopic (exact) mass is 444 g/mol. The van der Waals surface area contributed by atoms with E-state index in [0.717, 1.165) is 4.90 Å². The zero-order valence-corrected chi connectivity index (χ0v) is 17.5. The van der Waals surface area contributed by atoms with Crippen LogP contribution in [0.25, 0.3) is 0 Å². The van der Waals surface area contributed by atoms with Crippen LogP contribution in [0.15, 0.2) is 22.8 Å². The average molecular weight is 444 g/mol. The Kier molecular flexibility index (Phi) is 6.80. The summed E-state index contributed by atoms with van der Waals surface area (Å²) < 4.78 is 2.68. The number of carbonyl (C=O) groups excluding carboxylic acids is 3. The SMILES string of the molecule is Cn1nnnc1SCC1=C(C(=O)[O-])N2C(=O)C(NC(=O)Cn3cnnn3)[C@@H]2SC1.[Li+]. The summed E-state index contributed by atoms with van der Waals surface area (Å²) in [6.07, 6.45) is 1.28. The van der Waals surface area contributed by atoms with Gasteiger partial charge < -0.3 is 15.2 Å². The van der Waals surface area contributed by atoms with Crippen LogP contribution in [0.1, 0.15) is 0 Å². The Bertz CT molecular complexity index is 996. The molecule has 1 saturated heterocycles. The molecule has 2 aliphatic rings. The van der Waals surface area contributed by atoms with Gasteiger partial charge in [0.1, 0.15) is 24.3 Å². The number of fused-ring (bicyclic) bond motifs is 1. The molecular weight excluding hydrogens is 431 g/mol. The van der Waals surface area contributed by atoms with E-state index in [1.165, 1.54) is 39.2 Å². The molecule has 1 unspecified atom stereocenters. The third-order valence-electron chi connectivity index (χ3n) is 4.21. The first-order chi connectivity index (χ1) is 14.0. The smallest absolute Gasteiger partial charge is 0.543 e. The Morgan fingerprint density at radius 2 is 2.17 bits per heavy atom. The maximum absolute atomic E-state index is 12.6. The maximum atomic E-state index is 12.6. The minimum Gasteiger partial charge on any atom is -0.543 e. The fourth-order valence-corrected chi connectivity index (χ4v) is 5.23. The Labute approximate surface area is 189 Å². The van der Waals surface area contributed by atoms with Crippen LogP contribution in [0, 0.1) is 0 Å². The molecule has 1 N–H and O–H groups in total. The summed E-state index contributed by atoms with van der Waals surface area (Å²) in [6, 6.07) is -0.824. The zero-order valence-electron chi connectivity index (χ0n) is 15.8. The number of rotatable bonds is 7. The molecule has 17 heteroatoms. The second kappa shape index (κ2) is 9.16. The first-order valence-electron chi connectivity index (χ1n) is 8.19. The summed E-state index contributed by atoms with van der Waals surface area (Å²) >= 11 is 2.63. The Morgan fingerprint density at radius 3 is 2.80 bits per heavy atom. The van der Waals surface area contributed by atoms with E-state index in [1.807, 2.05) is 0 Å². The Hall–Kier alpha value is -2.41. The number of hydrogen-bond acceptors (Lipinski definition) is 12. The summed E-state index contributed by atoms with van der Waals surface area (Å²) in [5.41, 5.74) is 0.374. The second-order valence-electron chi connectivity index (χ2n) is 6.08. The van der Waals surface area contributed by atoms with Crippen molar-refractivity contribution in [2.45, 2.75) is 23.1 Å². The molecule has 2 aromatic rings. The van der Waals surface area contributed by atoms with Crippen molar-refractivity contribution >= 4 is 41.3 Å². The molecule has 0 aromatic carbocycles. The third-order valence-corrected chi connectivity index (χ3v) is 6.65. The summed E-state index contributed by atoms with van der Waals surface area (Å²) in [5, 5.41) is 35.9.